The number of nitrogens with one attached hydrogen (secondary N) is 5. The molecular formula is C32H29ClF3N9O6. The Morgan fingerprint density at radius 3 is 2.25 bits per heavy atom. The Labute approximate surface area is 292 Å². The molecule has 15 nitrogen and oxygen atoms in total. The summed E-state index contributed by atoms with van der Waals surface area (Å²) in [6.45, 7) is -1.88. The first-order valence-electron chi connectivity index (χ1n) is 15.2. The second-order valence-electron chi connectivity index (χ2n) is 11.2. The molecular weight excluding hydrogens is 699 g/mol. The Hall–Kier alpha value is -6.04. The predicted octanol–water partition coefficient (Wildman–Crippen LogP) is 4.03. The van der Waals surface area contributed by atoms with E-state index in [1.807, 2.05) is 12.1 Å². The lowest BCUT2D eigenvalue weighted by atomic mass is 10.1. The molecule has 1 aliphatic carbocycles. The highest BCUT2D eigenvalue weighted by atomic mass is 35.5. The van der Waals surface area contributed by atoms with Gasteiger partial charge in [-0.1, -0.05) is 29.8 Å². The monoisotopic (exact) mass is 727 g/mol. The number of ether oxygens (including phenoxy) is 1. The van der Waals surface area contributed by atoms with Gasteiger partial charge in [-0.3, -0.25) is 14.4 Å². The summed E-state index contributed by atoms with van der Waals surface area (Å²) in [7, 11) is 0. The quantitative estimate of drug-likeness (QED) is 0.102. The van der Waals surface area contributed by atoms with Gasteiger partial charge in [-0.05, 0) is 73.4 Å². The maximum Gasteiger partial charge on any atom is 0.422 e. The van der Waals surface area contributed by atoms with E-state index in [1.54, 1.807) is 24.3 Å². The van der Waals surface area contributed by atoms with Crippen LogP contribution in [-0.2, 0) is 19.9 Å². The maximum absolute atomic E-state index is 12.9. The van der Waals surface area contributed by atoms with Crippen molar-refractivity contribution in [2.24, 2.45) is 0 Å². The van der Waals surface area contributed by atoms with Crippen LogP contribution in [-0.4, -0.2) is 74.1 Å². The topological polar surface area (TPSA) is 209 Å². The molecule has 266 valence electrons. The van der Waals surface area contributed by atoms with Crippen LogP contribution in [0, 0.1) is 0 Å². The molecule has 6 N–H and O–H groups in total. The fraction of sp³-hybridized carbons (Fsp3) is 0.250. The van der Waals surface area contributed by atoms with Gasteiger partial charge in [0.25, 0.3) is 5.91 Å². The van der Waals surface area contributed by atoms with E-state index in [0.717, 1.165) is 5.56 Å². The zero-order valence-electron chi connectivity index (χ0n) is 26.3. The molecule has 0 radical (unpaired) electrons. The van der Waals surface area contributed by atoms with Crippen molar-refractivity contribution in [3.8, 4) is 6.01 Å². The number of aromatic nitrogens is 4. The summed E-state index contributed by atoms with van der Waals surface area (Å²) in [4.78, 5) is 64.9. The molecule has 1 saturated carbocycles. The number of nitrogens with zero attached hydrogens (tertiary/aromatic N) is 4. The molecule has 2 aromatic carbocycles. The Kier molecular flexibility index (Phi) is 11.1. The van der Waals surface area contributed by atoms with E-state index in [9.17, 15) is 37.5 Å². The first kappa shape index (κ1) is 36.2. The van der Waals surface area contributed by atoms with Gasteiger partial charge in [0.15, 0.2) is 6.61 Å². The summed E-state index contributed by atoms with van der Waals surface area (Å²) in [5, 5.41) is 23.1. The number of carboxylic acids is 1. The Morgan fingerprint density at radius 2 is 1.63 bits per heavy atom. The van der Waals surface area contributed by atoms with Gasteiger partial charge in [-0.25, -0.2) is 9.78 Å². The smallest absolute Gasteiger partial charge is 0.422 e. The Morgan fingerprint density at radius 1 is 0.922 bits per heavy atom. The van der Waals surface area contributed by atoms with Crippen LogP contribution in [0.25, 0.3) is 0 Å². The van der Waals surface area contributed by atoms with Gasteiger partial charge >= 0.3 is 30.0 Å². The minimum Gasteiger partial charge on any atom is -0.480 e. The Balaban J connectivity index is 1.20. The molecule has 5 rings (SSSR count). The highest BCUT2D eigenvalue weighted by molar-refractivity contribution is 6.39. The lowest BCUT2D eigenvalue weighted by Gasteiger charge is -2.19. The summed E-state index contributed by atoms with van der Waals surface area (Å²) in [5.41, 5.74) is 0.711. The number of halogens is 4. The number of amides is 3. The fourth-order valence-electron chi connectivity index (χ4n) is 4.63. The van der Waals surface area contributed by atoms with Crippen LogP contribution < -0.4 is 31.3 Å². The molecule has 2 heterocycles. The van der Waals surface area contributed by atoms with E-state index in [1.165, 1.54) is 36.5 Å². The number of rotatable bonds is 14. The zero-order valence-corrected chi connectivity index (χ0v) is 27.1. The highest BCUT2D eigenvalue weighted by Gasteiger charge is 2.45. The molecule has 1 fully saturated rings. The van der Waals surface area contributed by atoms with Crippen molar-refractivity contribution in [2.45, 2.75) is 37.0 Å². The minimum atomic E-state index is -4.64. The van der Waals surface area contributed by atoms with Gasteiger partial charge in [0.05, 0.1) is 5.54 Å². The number of hydrogen-bond acceptors (Lipinski definition) is 11. The van der Waals surface area contributed by atoms with Gasteiger partial charge < -0.3 is 36.4 Å². The first-order valence-corrected chi connectivity index (χ1v) is 15.6. The second-order valence-corrected chi connectivity index (χ2v) is 11.6. The fourth-order valence-corrected chi connectivity index (χ4v) is 4.75. The van der Waals surface area contributed by atoms with Crippen LogP contribution in [0.5, 0.6) is 6.01 Å². The SMILES string of the molecule is O=C(NCC[C@H](NC(=O)c1ccc(Nc2nc(NC3(c4ccc(Cl)cc4)CC3)nc(OCC(F)(F)F)n2)cc1)C(=O)O)C(=O)Nc1ccccn1. The molecule has 0 saturated heterocycles. The summed E-state index contributed by atoms with van der Waals surface area (Å²) in [6, 6.07) is 15.4. The van der Waals surface area contributed by atoms with Gasteiger partial charge in [0, 0.05) is 29.0 Å². The van der Waals surface area contributed by atoms with E-state index < -0.39 is 54.1 Å². The normalized spacial score (nSPS) is 13.6. The lowest BCUT2D eigenvalue weighted by Crippen LogP contribution is -2.44. The highest BCUT2D eigenvalue weighted by Crippen LogP contribution is 2.48. The standard InChI is InChI=1S/C32H29ClF3N9O6/c33-20-8-6-19(7-9-20)31(13-14-31)45-29-42-28(43-30(44-29)51-17-32(34,35)36)39-21-10-4-18(5-11-21)24(46)40-22(27(49)50)12-16-38-25(47)26(48)41-23-3-1-2-15-37-23/h1-11,15,22H,12-14,16-17H2,(H,38,47)(H,40,46)(H,49,50)(H,37,41,48)(H2,39,42,43,44,45)/t22-/m0/s1. The number of pyridine rings is 1. The van der Waals surface area contributed by atoms with Crippen molar-refractivity contribution in [3.63, 3.8) is 0 Å². The second kappa shape index (κ2) is 15.7. The van der Waals surface area contributed by atoms with E-state index in [4.69, 9.17) is 16.3 Å². The maximum atomic E-state index is 12.9. The number of carbonyl (C=O) groups is 4. The average Bonchev–Trinajstić information content (AvgIpc) is 3.87. The first-order chi connectivity index (χ1) is 24.3. The van der Waals surface area contributed by atoms with Crippen molar-refractivity contribution < 1.29 is 42.2 Å². The molecule has 51 heavy (non-hydrogen) atoms. The molecule has 4 aromatic rings. The van der Waals surface area contributed by atoms with Crippen LogP contribution in [0.1, 0.15) is 35.2 Å². The van der Waals surface area contributed by atoms with Crippen LogP contribution in [0.2, 0.25) is 5.02 Å². The molecule has 2 aromatic heterocycles. The summed E-state index contributed by atoms with van der Waals surface area (Å²) >= 11 is 6.01. The number of carbonyl (C=O) groups excluding carboxylic acids is 3. The Bertz CT molecular complexity index is 1880. The van der Waals surface area contributed by atoms with Gasteiger partial charge in [0.2, 0.25) is 11.9 Å². The average molecular weight is 728 g/mol. The third-order valence-corrected chi connectivity index (χ3v) is 7.57. The van der Waals surface area contributed by atoms with E-state index in [-0.39, 0.29) is 36.2 Å². The number of anilines is 4. The number of benzene rings is 2. The van der Waals surface area contributed by atoms with Crippen molar-refractivity contribution in [3.05, 3.63) is 89.1 Å². The summed E-state index contributed by atoms with van der Waals surface area (Å²) < 4.78 is 43.5. The largest absolute Gasteiger partial charge is 0.480 e. The molecule has 0 aliphatic heterocycles. The number of alkyl halides is 3. The van der Waals surface area contributed by atoms with Gasteiger partial charge in [-0.2, -0.15) is 28.1 Å². The van der Waals surface area contributed by atoms with Crippen molar-refractivity contribution >= 4 is 58.7 Å². The molecule has 0 spiro atoms. The van der Waals surface area contributed by atoms with Crippen molar-refractivity contribution in [1.29, 1.82) is 0 Å². The molecule has 0 bridgehead atoms. The van der Waals surface area contributed by atoms with Crippen LogP contribution in [0.3, 0.4) is 0 Å². The van der Waals surface area contributed by atoms with Crippen LogP contribution in [0.15, 0.2) is 72.9 Å². The summed E-state index contributed by atoms with van der Waals surface area (Å²) in [6.07, 6.45) is -2.06. The molecule has 1 aliphatic rings. The molecule has 0 unspecified atom stereocenters. The molecule has 19 heteroatoms. The number of carboxylic acid groups (broad SMARTS) is 1. The molecule has 1 atom stereocenters. The third kappa shape index (κ3) is 10.5. The minimum absolute atomic E-state index is 0.0437. The van der Waals surface area contributed by atoms with Gasteiger partial charge in [0.1, 0.15) is 11.9 Å². The third-order valence-electron chi connectivity index (χ3n) is 7.32. The van der Waals surface area contributed by atoms with Gasteiger partial charge in [-0.15, -0.1) is 0 Å². The summed E-state index contributed by atoms with van der Waals surface area (Å²) in [5.74, 6) is -4.19. The molecule has 3 amide bonds. The number of hydrogen-bond donors (Lipinski definition) is 6. The lowest BCUT2D eigenvalue weighted by molar-refractivity contribution is -0.154. The van der Waals surface area contributed by atoms with Crippen molar-refractivity contribution in [1.82, 2.24) is 30.6 Å². The van der Waals surface area contributed by atoms with Crippen molar-refractivity contribution in [2.75, 3.05) is 29.1 Å². The van der Waals surface area contributed by atoms with E-state index in [0.29, 0.717) is 23.6 Å². The van der Waals surface area contributed by atoms with E-state index in [2.05, 4.69) is 46.5 Å². The van der Waals surface area contributed by atoms with E-state index >= 15 is 0 Å². The number of aliphatic carboxylic acids is 1. The van der Waals surface area contributed by atoms with Crippen LogP contribution in [0.4, 0.5) is 36.6 Å². The van der Waals surface area contributed by atoms with Crippen LogP contribution >= 0.6 is 11.6 Å². The predicted molar refractivity (Wildman–Crippen MR) is 176 cm³/mol. The zero-order chi connectivity index (χ0) is 36.6.